The molecule has 0 aromatic rings. The summed E-state index contributed by atoms with van der Waals surface area (Å²) in [6, 6.07) is 0. The number of hydrogen-bond acceptors (Lipinski definition) is 12. The second kappa shape index (κ2) is 22.3. The van der Waals surface area contributed by atoms with Crippen LogP contribution in [0.25, 0.3) is 0 Å². The summed E-state index contributed by atoms with van der Waals surface area (Å²) >= 11 is 0. The zero-order valence-electron chi connectivity index (χ0n) is 55.8. The fourth-order valence-corrected chi connectivity index (χ4v) is 20.9. The molecule has 82 heavy (non-hydrogen) atoms. The Balaban J connectivity index is 0.000000394. The summed E-state index contributed by atoms with van der Waals surface area (Å²) in [5.74, 6) is -10.0. The summed E-state index contributed by atoms with van der Waals surface area (Å²) in [6.07, 6.45) is 6.04. The molecule has 2 unspecified atom stereocenters. The van der Waals surface area contributed by atoms with Crippen molar-refractivity contribution in [1.82, 2.24) is 31.9 Å². The molecule has 472 valence electrons. The van der Waals surface area contributed by atoms with E-state index in [0.29, 0.717) is 37.5 Å². The Labute approximate surface area is 495 Å². The highest BCUT2D eigenvalue weighted by Crippen LogP contribution is 2.72. The van der Waals surface area contributed by atoms with Crippen molar-refractivity contribution in [1.29, 1.82) is 0 Å². The van der Waals surface area contributed by atoms with Crippen LogP contribution < -0.4 is 31.9 Å². The van der Waals surface area contributed by atoms with Gasteiger partial charge in [0, 0.05) is 79.3 Å². The van der Waals surface area contributed by atoms with Gasteiger partial charge in [0.2, 0.25) is 0 Å². The van der Waals surface area contributed by atoms with E-state index in [1.807, 2.05) is 83.1 Å². The molecular formula is C66H118N6O10. The summed E-state index contributed by atoms with van der Waals surface area (Å²) in [7, 11) is 0. The van der Waals surface area contributed by atoms with Gasteiger partial charge in [-0.1, -0.05) is 0 Å². The maximum absolute atomic E-state index is 15.5. The first-order valence-corrected chi connectivity index (χ1v) is 31.2. The molecule has 6 aliphatic heterocycles. The maximum Gasteiger partial charge on any atom is 0.322 e. The van der Waals surface area contributed by atoms with Gasteiger partial charge in [-0.2, -0.15) is 0 Å². The Kier molecular flexibility index (Phi) is 19.0. The third kappa shape index (κ3) is 15.4. The molecule has 0 bridgehead atoms. The lowest BCUT2D eigenvalue weighted by molar-refractivity contribution is -0.246. The number of carbonyl (C=O) groups excluding carboxylic acids is 2. The van der Waals surface area contributed by atoms with E-state index in [4.69, 9.17) is 0 Å². The average molecular weight is 1160 g/mol. The molecule has 0 spiro atoms. The maximum atomic E-state index is 15.5. The molecule has 10 N–H and O–H groups in total. The second-order valence-corrected chi connectivity index (χ2v) is 35.8. The van der Waals surface area contributed by atoms with E-state index in [1.165, 1.54) is 0 Å². The van der Waals surface area contributed by atoms with Crippen molar-refractivity contribution in [2.75, 3.05) is 0 Å². The van der Waals surface area contributed by atoms with Crippen molar-refractivity contribution in [3.63, 3.8) is 0 Å². The van der Waals surface area contributed by atoms with E-state index in [-0.39, 0.29) is 84.6 Å². The minimum Gasteiger partial charge on any atom is -0.481 e. The molecular weight excluding hydrogens is 1040 g/mol. The molecule has 0 aromatic carbocycles. The number of carboxylic acid groups (broad SMARTS) is 4. The van der Waals surface area contributed by atoms with Crippen LogP contribution in [0, 0.1) is 51.8 Å². The molecule has 6 heterocycles. The van der Waals surface area contributed by atoms with Crippen LogP contribution in [0.2, 0.25) is 0 Å². The quantitative estimate of drug-likeness (QED) is 0.0509. The molecule has 16 nitrogen and oxygen atoms in total. The van der Waals surface area contributed by atoms with E-state index in [1.54, 1.807) is 0 Å². The van der Waals surface area contributed by atoms with E-state index >= 15 is 9.59 Å². The number of hydrogen-bond donors (Lipinski definition) is 10. The smallest absolute Gasteiger partial charge is 0.322 e. The van der Waals surface area contributed by atoms with Gasteiger partial charge in [0.25, 0.3) is 0 Å². The van der Waals surface area contributed by atoms with Crippen LogP contribution in [-0.2, 0) is 28.8 Å². The van der Waals surface area contributed by atoms with Crippen molar-refractivity contribution in [3.8, 4) is 0 Å². The lowest BCUT2D eigenvalue weighted by Crippen LogP contribution is -2.78. The van der Waals surface area contributed by atoms with Crippen LogP contribution in [0.15, 0.2) is 0 Å². The Morgan fingerprint density at radius 2 is 0.524 bits per heavy atom. The summed E-state index contributed by atoms with van der Waals surface area (Å²) in [6.45, 7) is 48.8. The number of ketones is 2. The second-order valence-electron chi connectivity index (χ2n) is 35.8. The number of aliphatic carboxylic acids is 4. The van der Waals surface area contributed by atoms with Crippen molar-refractivity contribution in [3.05, 3.63) is 0 Å². The van der Waals surface area contributed by atoms with Crippen LogP contribution >= 0.6 is 0 Å². The monoisotopic (exact) mass is 1150 g/mol. The number of rotatable bonds is 16. The van der Waals surface area contributed by atoms with Gasteiger partial charge >= 0.3 is 23.9 Å². The van der Waals surface area contributed by atoms with Gasteiger partial charge in [0.05, 0.1) is 5.41 Å². The molecule has 6 saturated heterocycles. The van der Waals surface area contributed by atoms with E-state index in [2.05, 4.69) is 115 Å². The Morgan fingerprint density at radius 3 is 0.756 bits per heavy atom. The zero-order chi connectivity index (χ0) is 63.3. The average Bonchev–Trinajstić information content (AvgIpc) is 3.14. The van der Waals surface area contributed by atoms with Crippen molar-refractivity contribution in [2.45, 2.75) is 329 Å². The topological polar surface area (TPSA) is 256 Å². The molecule has 16 heteroatoms. The number of Topliss-reactive ketones (excluding diaryl/α,β-unsaturated/α-hetero) is 2. The van der Waals surface area contributed by atoms with Crippen molar-refractivity contribution < 1.29 is 49.2 Å². The van der Waals surface area contributed by atoms with Gasteiger partial charge in [-0.25, -0.2) is 0 Å². The molecule has 6 rings (SSSR count). The first-order chi connectivity index (χ1) is 36.4. The Hall–Kier alpha value is -3.02. The summed E-state index contributed by atoms with van der Waals surface area (Å²) < 4.78 is 0. The van der Waals surface area contributed by atoms with Crippen LogP contribution in [0.1, 0.15) is 262 Å². The van der Waals surface area contributed by atoms with Crippen molar-refractivity contribution in [2.24, 2.45) is 51.8 Å². The van der Waals surface area contributed by atoms with Crippen LogP contribution in [-0.4, -0.2) is 122 Å². The van der Waals surface area contributed by atoms with Crippen LogP contribution in [0.5, 0.6) is 0 Å². The first kappa shape index (κ1) is 69.7. The van der Waals surface area contributed by atoms with Gasteiger partial charge < -0.3 is 52.3 Å². The Morgan fingerprint density at radius 1 is 0.305 bits per heavy atom. The highest BCUT2D eigenvalue weighted by molar-refractivity contribution is 6.37. The molecule has 0 radical (unpaired) electrons. The highest BCUT2D eigenvalue weighted by atomic mass is 16.4. The van der Waals surface area contributed by atoms with Crippen LogP contribution in [0.4, 0.5) is 0 Å². The van der Waals surface area contributed by atoms with Gasteiger partial charge in [-0.15, -0.1) is 0 Å². The van der Waals surface area contributed by atoms with E-state index < -0.39 is 102 Å². The minimum atomic E-state index is -3.06. The largest absolute Gasteiger partial charge is 0.481 e. The number of carboxylic acids is 4. The lowest BCUT2D eigenvalue weighted by Gasteiger charge is -2.66. The molecule has 0 saturated carbocycles. The molecule has 2 atom stereocenters. The third-order valence-corrected chi connectivity index (χ3v) is 19.9. The Bertz CT molecular complexity index is 2270. The lowest BCUT2D eigenvalue weighted by atomic mass is 9.35. The number of piperidine rings is 6. The van der Waals surface area contributed by atoms with Crippen LogP contribution in [0.3, 0.4) is 0 Å². The van der Waals surface area contributed by atoms with Gasteiger partial charge in [-0.05, 0) is 285 Å². The fraction of sp³-hybridized carbons (Fsp3) is 0.909. The summed E-state index contributed by atoms with van der Waals surface area (Å²) in [4.78, 5) is 86.0. The predicted octanol–water partition coefficient (Wildman–Crippen LogP) is 10.9. The molecule has 0 aliphatic carbocycles. The van der Waals surface area contributed by atoms with E-state index in [0.717, 1.165) is 25.7 Å². The SMILES string of the molecule is CC1(C)CC(CC(=O)C(=O)CC2CC(C)(C)NC(C)(C)C2)CC(C)(C)N1.CC1(C)CC(CC(C(=O)O)(C2CC(C)(C)NC(C)(C)C2)C(C(=O)O)(C2CC(C)(C)NC(C)(C)C2)C(C(=O)O)(C(=O)O)C2CC(C)(C)NC(C)(C)C2)CC(C)(C)N1. The normalized spacial score (nSPS) is 29.1. The zero-order valence-corrected chi connectivity index (χ0v) is 55.8. The predicted molar refractivity (Wildman–Crippen MR) is 326 cm³/mol. The summed E-state index contributed by atoms with van der Waals surface area (Å²) in [5, 5.41) is 71.1. The molecule has 0 aromatic heterocycles. The fourth-order valence-electron chi connectivity index (χ4n) is 20.9. The highest BCUT2D eigenvalue weighted by Gasteiger charge is 2.84. The number of nitrogens with one attached hydrogen (secondary N) is 6. The standard InChI is InChI=1S/C44H78N4O8.C22H40N2O2/c1-34(2)17-26(18-35(3,4)45-34)19-42(30(49)50,27-20-36(5,6)46-37(7,8)21-27)44(33(55)56,29-24-40(13,14)48-41(15,16)25-29)43(31(51)52,32(53)54)28-22-38(9,10)47-39(11,12)23-28;1-19(2)11-15(12-20(3,4)23-19)9-17(25)18(26)10-16-13-21(5,6)24-22(7,8)14-16/h26-29,45-48H,17-25H2,1-16H3,(H,49,50)(H,51,52)(H,53,54)(H,55,56);15-16,23-24H,9-14H2,1-8H3. The minimum absolute atomic E-state index is 0.0127. The van der Waals surface area contributed by atoms with Gasteiger partial charge in [0.1, 0.15) is 5.41 Å². The number of carbonyl (C=O) groups is 6. The molecule has 6 aliphatic rings. The molecule has 6 fully saturated rings. The van der Waals surface area contributed by atoms with E-state index in [9.17, 15) is 39.6 Å². The summed E-state index contributed by atoms with van der Waals surface area (Å²) in [5.41, 5.74) is -13.7. The molecule has 0 amide bonds. The first-order valence-electron chi connectivity index (χ1n) is 31.2. The third-order valence-electron chi connectivity index (χ3n) is 19.9. The van der Waals surface area contributed by atoms with Crippen molar-refractivity contribution >= 4 is 35.4 Å². The van der Waals surface area contributed by atoms with Gasteiger partial charge in [0.15, 0.2) is 17.0 Å². The van der Waals surface area contributed by atoms with Gasteiger partial charge in [-0.3, -0.25) is 28.8 Å².